The fraction of sp³-hybridized carbons (Fsp3) is 0.231. The molecule has 0 radical (unpaired) electrons. The lowest BCUT2D eigenvalue weighted by atomic mass is 10.1. The predicted octanol–water partition coefficient (Wildman–Crippen LogP) is 5.34. The Balaban J connectivity index is 1.18. The van der Waals surface area contributed by atoms with Crippen molar-refractivity contribution in [2.24, 2.45) is 0 Å². The highest BCUT2D eigenvalue weighted by Gasteiger charge is 2.31. The predicted molar refractivity (Wildman–Crippen MR) is 127 cm³/mol. The van der Waals surface area contributed by atoms with E-state index in [0.29, 0.717) is 11.7 Å². The van der Waals surface area contributed by atoms with Crippen LogP contribution in [0.15, 0.2) is 90.1 Å². The monoisotopic (exact) mass is 443 g/mol. The minimum absolute atomic E-state index is 0.229. The summed E-state index contributed by atoms with van der Waals surface area (Å²) in [6.45, 7) is 0.229. The van der Waals surface area contributed by atoms with Gasteiger partial charge in [-0.1, -0.05) is 72.4 Å². The molecule has 1 aliphatic rings. The van der Waals surface area contributed by atoms with E-state index in [-0.39, 0.29) is 6.61 Å². The Hall–Kier alpha value is -3.09. The molecule has 1 unspecified atom stereocenters. The molecule has 0 aliphatic heterocycles. The molecule has 1 saturated carbocycles. The van der Waals surface area contributed by atoms with Crippen molar-refractivity contribution in [2.45, 2.75) is 30.0 Å². The molecule has 32 heavy (non-hydrogen) atoms. The first-order chi connectivity index (χ1) is 15.8. The van der Waals surface area contributed by atoms with Crippen LogP contribution in [0.1, 0.15) is 24.6 Å². The third kappa shape index (κ3) is 4.87. The molecule has 0 bridgehead atoms. The fourth-order valence-corrected chi connectivity index (χ4v) is 4.45. The van der Waals surface area contributed by atoms with Crippen molar-refractivity contribution in [1.82, 2.24) is 14.8 Å². The van der Waals surface area contributed by atoms with E-state index < -0.39 is 6.10 Å². The second-order valence-electron chi connectivity index (χ2n) is 7.95. The van der Waals surface area contributed by atoms with Gasteiger partial charge in [0.2, 0.25) is 0 Å². The summed E-state index contributed by atoms with van der Waals surface area (Å²) >= 11 is 1.51. The summed E-state index contributed by atoms with van der Waals surface area (Å²) in [5, 5.41) is 20.1. The van der Waals surface area contributed by atoms with E-state index >= 15 is 0 Å². The number of rotatable bonds is 9. The van der Waals surface area contributed by atoms with Crippen molar-refractivity contribution in [2.75, 3.05) is 12.4 Å². The number of aliphatic hydroxyl groups is 1. The molecule has 0 saturated heterocycles. The van der Waals surface area contributed by atoms with E-state index in [4.69, 9.17) is 4.74 Å². The van der Waals surface area contributed by atoms with Crippen molar-refractivity contribution in [1.29, 1.82) is 0 Å². The van der Waals surface area contributed by atoms with Gasteiger partial charge in [-0.3, -0.25) is 4.57 Å². The van der Waals surface area contributed by atoms with Gasteiger partial charge in [0.25, 0.3) is 0 Å². The zero-order valence-electron chi connectivity index (χ0n) is 17.7. The van der Waals surface area contributed by atoms with Crippen LogP contribution in [0.4, 0.5) is 0 Å². The van der Waals surface area contributed by atoms with E-state index in [1.807, 2.05) is 60.7 Å². The topological polar surface area (TPSA) is 60.2 Å². The maximum Gasteiger partial charge on any atom is 0.195 e. The van der Waals surface area contributed by atoms with Gasteiger partial charge in [-0.05, 0) is 48.2 Å². The number of nitrogens with zero attached hydrogens (tertiary/aromatic N) is 3. The summed E-state index contributed by atoms with van der Waals surface area (Å²) in [6, 6.07) is 28.4. The second kappa shape index (κ2) is 9.59. The van der Waals surface area contributed by atoms with Crippen LogP contribution in [0.5, 0.6) is 5.75 Å². The summed E-state index contributed by atoms with van der Waals surface area (Å²) < 4.78 is 7.93. The Labute approximate surface area is 192 Å². The van der Waals surface area contributed by atoms with Gasteiger partial charge >= 0.3 is 0 Å². The van der Waals surface area contributed by atoms with Crippen LogP contribution >= 0.6 is 11.8 Å². The van der Waals surface area contributed by atoms with Gasteiger partial charge < -0.3 is 9.84 Å². The summed E-state index contributed by atoms with van der Waals surface area (Å²) in [5.74, 6) is 2.74. The zero-order chi connectivity index (χ0) is 21.8. The van der Waals surface area contributed by atoms with Crippen LogP contribution in [0.2, 0.25) is 0 Å². The third-order valence-corrected chi connectivity index (χ3v) is 6.50. The quantitative estimate of drug-likeness (QED) is 0.354. The van der Waals surface area contributed by atoms with Gasteiger partial charge in [-0.15, -0.1) is 10.2 Å². The van der Waals surface area contributed by atoms with Gasteiger partial charge in [-0.2, -0.15) is 0 Å². The number of benzene rings is 3. The van der Waals surface area contributed by atoms with Crippen molar-refractivity contribution >= 4 is 11.8 Å². The average molecular weight is 444 g/mol. The number of hydrogen-bond acceptors (Lipinski definition) is 5. The van der Waals surface area contributed by atoms with Crippen LogP contribution in [0, 0.1) is 0 Å². The maximum atomic E-state index is 10.5. The third-order valence-electron chi connectivity index (χ3n) is 5.42. The Morgan fingerprint density at radius 1 is 0.875 bits per heavy atom. The van der Waals surface area contributed by atoms with Crippen molar-refractivity contribution < 1.29 is 9.84 Å². The Morgan fingerprint density at radius 3 is 2.22 bits per heavy atom. The van der Waals surface area contributed by atoms with Crippen LogP contribution in [-0.4, -0.2) is 38.3 Å². The molecular formula is C26H25N3O2S. The largest absolute Gasteiger partial charge is 0.491 e. The van der Waals surface area contributed by atoms with Gasteiger partial charge in [0.1, 0.15) is 18.2 Å². The molecule has 162 valence electrons. The van der Waals surface area contributed by atoms with Crippen molar-refractivity contribution in [3.8, 4) is 22.6 Å². The first-order valence-corrected chi connectivity index (χ1v) is 11.9. The number of thioether (sulfide) groups is 1. The smallest absolute Gasteiger partial charge is 0.195 e. The van der Waals surface area contributed by atoms with Gasteiger partial charge in [0.15, 0.2) is 5.16 Å². The number of para-hydroxylation sites is 1. The zero-order valence-corrected chi connectivity index (χ0v) is 18.5. The SMILES string of the molecule is OC(COc1ccc(-c2ccccc2)cc1)CSc1nnc(C2CC2)n1-c1ccccc1. The van der Waals surface area contributed by atoms with Crippen molar-refractivity contribution in [3.63, 3.8) is 0 Å². The molecule has 3 aromatic carbocycles. The highest BCUT2D eigenvalue weighted by Crippen LogP contribution is 2.41. The maximum absolute atomic E-state index is 10.5. The van der Waals surface area contributed by atoms with E-state index in [1.54, 1.807) is 0 Å². The second-order valence-corrected chi connectivity index (χ2v) is 8.94. The molecule has 0 spiro atoms. The van der Waals surface area contributed by atoms with Crippen molar-refractivity contribution in [3.05, 3.63) is 90.8 Å². The van der Waals surface area contributed by atoms with Crippen LogP contribution < -0.4 is 4.74 Å². The Bertz CT molecular complexity index is 1140. The molecule has 5 nitrogen and oxygen atoms in total. The average Bonchev–Trinajstić information content (AvgIpc) is 3.62. The molecule has 1 heterocycles. The highest BCUT2D eigenvalue weighted by molar-refractivity contribution is 7.99. The minimum atomic E-state index is -0.612. The molecule has 5 rings (SSSR count). The summed E-state index contributed by atoms with van der Waals surface area (Å²) in [7, 11) is 0. The van der Waals surface area contributed by atoms with E-state index in [1.165, 1.54) is 17.3 Å². The lowest BCUT2D eigenvalue weighted by Crippen LogP contribution is -2.20. The standard InChI is InChI=1S/C26H25N3O2S/c30-23(17-31-24-15-13-20(14-16-24)19-7-3-1-4-8-19)18-32-26-28-27-25(21-11-12-21)29(26)22-9-5-2-6-10-22/h1-10,13-16,21,23,30H,11-12,17-18H2. The minimum Gasteiger partial charge on any atom is -0.491 e. The first-order valence-electron chi connectivity index (χ1n) is 10.9. The van der Waals surface area contributed by atoms with Crippen LogP contribution in [0.25, 0.3) is 16.8 Å². The number of ether oxygens (including phenoxy) is 1. The molecule has 6 heteroatoms. The molecule has 1 aromatic heterocycles. The van der Waals surface area contributed by atoms with E-state index in [0.717, 1.165) is 40.8 Å². The summed E-state index contributed by atoms with van der Waals surface area (Å²) in [6.07, 6.45) is 1.71. The normalized spacial score (nSPS) is 14.3. The number of hydrogen-bond donors (Lipinski definition) is 1. The first kappa shape index (κ1) is 20.8. The molecular weight excluding hydrogens is 418 g/mol. The van der Waals surface area contributed by atoms with E-state index in [9.17, 15) is 5.11 Å². The molecule has 4 aromatic rings. The molecule has 1 aliphatic carbocycles. The lowest BCUT2D eigenvalue weighted by Gasteiger charge is -2.13. The van der Waals surface area contributed by atoms with Gasteiger partial charge in [-0.25, -0.2) is 0 Å². The molecule has 1 fully saturated rings. The lowest BCUT2D eigenvalue weighted by molar-refractivity contribution is 0.126. The van der Waals surface area contributed by atoms with Gasteiger partial charge in [0.05, 0.1) is 6.10 Å². The van der Waals surface area contributed by atoms with Crippen LogP contribution in [-0.2, 0) is 0 Å². The Kier molecular flexibility index (Phi) is 6.23. The van der Waals surface area contributed by atoms with Crippen LogP contribution in [0.3, 0.4) is 0 Å². The molecule has 1 atom stereocenters. The molecule has 1 N–H and O–H groups in total. The fourth-order valence-electron chi connectivity index (χ4n) is 3.59. The highest BCUT2D eigenvalue weighted by atomic mass is 32.2. The van der Waals surface area contributed by atoms with E-state index in [2.05, 4.69) is 39.0 Å². The summed E-state index contributed by atoms with van der Waals surface area (Å²) in [4.78, 5) is 0. The summed E-state index contributed by atoms with van der Waals surface area (Å²) in [5.41, 5.74) is 3.37. The molecule has 0 amide bonds. The van der Waals surface area contributed by atoms with Gasteiger partial charge in [0, 0.05) is 17.4 Å². The number of aliphatic hydroxyl groups excluding tert-OH is 1. The number of aromatic nitrogens is 3. The Morgan fingerprint density at radius 2 is 1.53 bits per heavy atom.